The summed E-state index contributed by atoms with van der Waals surface area (Å²) >= 11 is 19.7. The van der Waals surface area contributed by atoms with Crippen LogP contribution in [0.25, 0.3) is 0 Å². The Balaban J connectivity index is 1.74. The lowest BCUT2D eigenvalue weighted by Gasteiger charge is -2.24. The van der Waals surface area contributed by atoms with Gasteiger partial charge in [0.05, 0.1) is 22.0 Å². The molecule has 170 valence electrons. The number of rotatable bonds is 11. The first-order valence-electron chi connectivity index (χ1n) is 9.61. The van der Waals surface area contributed by atoms with Crippen molar-refractivity contribution in [2.75, 3.05) is 29.4 Å². The summed E-state index contributed by atoms with van der Waals surface area (Å²) in [5.74, 6) is 1.42. The molecule has 0 saturated heterocycles. The van der Waals surface area contributed by atoms with Gasteiger partial charge >= 0.3 is 0 Å². The van der Waals surface area contributed by atoms with E-state index >= 15 is 0 Å². The van der Waals surface area contributed by atoms with Crippen LogP contribution in [-0.4, -0.2) is 39.4 Å². The van der Waals surface area contributed by atoms with E-state index in [4.69, 9.17) is 34.8 Å². The Kier molecular flexibility index (Phi) is 10.3. The van der Waals surface area contributed by atoms with Crippen LogP contribution in [-0.2, 0) is 20.6 Å². The molecular weight excluding hydrogens is 499 g/mol. The largest absolute Gasteiger partial charge is 0.355 e. The van der Waals surface area contributed by atoms with Crippen LogP contribution in [0.5, 0.6) is 0 Å². The number of amides is 1. The standard InChI is InChI=1S/C21H25Cl3N2O3S2/c1-15-17(22)5-3-6-20(15)26(31(2,28)29)11-4-7-21(27)25-10-12-30-14-16-8-9-18(23)19(24)13-16/h3,5-6,8-9,13H,4,7,10-12,14H2,1-2H3,(H,25,27). The van der Waals surface area contributed by atoms with Crippen LogP contribution in [0.1, 0.15) is 24.0 Å². The van der Waals surface area contributed by atoms with Crippen molar-refractivity contribution in [1.82, 2.24) is 5.32 Å². The van der Waals surface area contributed by atoms with E-state index in [9.17, 15) is 13.2 Å². The van der Waals surface area contributed by atoms with Crippen LogP contribution in [0.3, 0.4) is 0 Å². The van der Waals surface area contributed by atoms with Crippen LogP contribution < -0.4 is 9.62 Å². The number of hydrogen-bond acceptors (Lipinski definition) is 4. The molecule has 0 spiro atoms. The molecule has 2 rings (SSSR count). The highest BCUT2D eigenvalue weighted by molar-refractivity contribution is 7.98. The highest BCUT2D eigenvalue weighted by Crippen LogP contribution is 2.28. The third-order valence-electron chi connectivity index (χ3n) is 4.49. The Morgan fingerprint density at radius 3 is 2.52 bits per heavy atom. The third kappa shape index (κ3) is 8.39. The molecule has 1 N–H and O–H groups in total. The molecule has 0 radical (unpaired) electrons. The van der Waals surface area contributed by atoms with Crippen molar-refractivity contribution in [2.24, 2.45) is 0 Å². The van der Waals surface area contributed by atoms with Crippen molar-refractivity contribution in [3.8, 4) is 0 Å². The lowest BCUT2D eigenvalue weighted by Crippen LogP contribution is -2.33. The second-order valence-electron chi connectivity index (χ2n) is 6.97. The van der Waals surface area contributed by atoms with Gasteiger partial charge in [-0.05, 0) is 48.7 Å². The van der Waals surface area contributed by atoms with Crippen LogP contribution in [0.15, 0.2) is 36.4 Å². The Morgan fingerprint density at radius 1 is 1.10 bits per heavy atom. The molecule has 0 atom stereocenters. The van der Waals surface area contributed by atoms with E-state index in [0.29, 0.717) is 39.3 Å². The second kappa shape index (κ2) is 12.2. The highest BCUT2D eigenvalue weighted by atomic mass is 35.5. The number of anilines is 1. The van der Waals surface area contributed by atoms with Crippen LogP contribution in [0.2, 0.25) is 15.1 Å². The van der Waals surface area contributed by atoms with Gasteiger partial charge in [0.1, 0.15) is 0 Å². The van der Waals surface area contributed by atoms with Gasteiger partial charge < -0.3 is 5.32 Å². The maximum absolute atomic E-state index is 12.2. The van der Waals surface area contributed by atoms with Gasteiger partial charge in [-0.1, -0.05) is 46.9 Å². The highest BCUT2D eigenvalue weighted by Gasteiger charge is 2.20. The van der Waals surface area contributed by atoms with Gasteiger partial charge in [-0.25, -0.2) is 8.42 Å². The Morgan fingerprint density at radius 2 is 1.84 bits per heavy atom. The molecule has 31 heavy (non-hydrogen) atoms. The number of benzene rings is 2. The van der Waals surface area contributed by atoms with Crippen LogP contribution >= 0.6 is 46.6 Å². The fourth-order valence-electron chi connectivity index (χ4n) is 2.88. The molecule has 5 nitrogen and oxygen atoms in total. The Bertz CT molecular complexity index is 1020. The Labute approximate surface area is 203 Å². The smallest absolute Gasteiger partial charge is 0.232 e. The zero-order valence-corrected chi connectivity index (χ0v) is 21.2. The first-order chi connectivity index (χ1) is 14.6. The molecule has 0 saturated carbocycles. The van der Waals surface area contributed by atoms with Gasteiger partial charge in [0.15, 0.2) is 0 Å². The minimum absolute atomic E-state index is 0.105. The summed E-state index contributed by atoms with van der Waals surface area (Å²) in [6.07, 6.45) is 1.79. The molecule has 0 fully saturated rings. The second-order valence-corrected chi connectivity index (χ2v) is 11.2. The van der Waals surface area contributed by atoms with E-state index < -0.39 is 10.0 Å². The van der Waals surface area contributed by atoms with Crippen molar-refractivity contribution >= 4 is 68.2 Å². The van der Waals surface area contributed by atoms with Gasteiger partial charge in [-0.15, -0.1) is 0 Å². The van der Waals surface area contributed by atoms with Crippen molar-refractivity contribution in [1.29, 1.82) is 0 Å². The molecule has 2 aromatic carbocycles. The summed E-state index contributed by atoms with van der Waals surface area (Å²) in [6.45, 7) is 2.52. The monoisotopic (exact) mass is 522 g/mol. The van der Waals surface area contributed by atoms with Crippen molar-refractivity contribution in [3.63, 3.8) is 0 Å². The fourth-order valence-corrected chi connectivity index (χ4v) is 5.20. The molecule has 0 heterocycles. The molecule has 2 aromatic rings. The lowest BCUT2D eigenvalue weighted by atomic mass is 10.2. The minimum Gasteiger partial charge on any atom is -0.355 e. The fraction of sp³-hybridized carbons (Fsp3) is 0.381. The summed E-state index contributed by atoms with van der Waals surface area (Å²) in [5, 5.41) is 4.43. The van der Waals surface area contributed by atoms with E-state index in [1.165, 1.54) is 4.31 Å². The average Bonchev–Trinajstić information content (AvgIpc) is 2.69. The van der Waals surface area contributed by atoms with Crippen LogP contribution in [0, 0.1) is 6.92 Å². The molecule has 0 aliphatic heterocycles. The number of sulfonamides is 1. The number of nitrogens with zero attached hydrogens (tertiary/aromatic N) is 1. The maximum Gasteiger partial charge on any atom is 0.232 e. The zero-order chi connectivity index (χ0) is 23.0. The predicted molar refractivity (Wildman–Crippen MR) is 133 cm³/mol. The molecule has 0 aromatic heterocycles. The van der Waals surface area contributed by atoms with E-state index in [0.717, 1.165) is 23.3 Å². The van der Waals surface area contributed by atoms with Gasteiger partial charge in [-0.3, -0.25) is 9.10 Å². The molecule has 0 bridgehead atoms. The molecule has 1 amide bonds. The van der Waals surface area contributed by atoms with E-state index in [1.807, 2.05) is 12.1 Å². The first kappa shape index (κ1) is 26.1. The molecule has 0 unspecified atom stereocenters. The predicted octanol–water partition coefficient (Wildman–Crippen LogP) is 5.55. The molecule has 10 heteroatoms. The van der Waals surface area contributed by atoms with E-state index in [2.05, 4.69) is 5.32 Å². The number of thioether (sulfide) groups is 1. The summed E-state index contributed by atoms with van der Waals surface area (Å²) < 4.78 is 25.8. The van der Waals surface area contributed by atoms with E-state index in [-0.39, 0.29) is 18.9 Å². The summed E-state index contributed by atoms with van der Waals surface area (Å²) in [4.78, 5) is 12.1. The average molecular weight is 524 g/mol. The number of carbonyl (C=O) groups excluding carboxylic acids is 1. The SMILES string of the molecule is Cc1c(Cl)cccc1N(CCCC(=O)NCCSCc1ccc(Cl)c(Cl)c1)S(C)(=O)=O. The van der Waals surface area contributed by atoms with E-state index in [1.54, 1.807) is 43.0 Å². The summed E-state index contributed by atoms with van der Waals surface area (Å²) in [7, 11) is -3.49. The summed E-state index contributed by atoms with van der Waals surface area (Å²) in [5.41, 5.74) is 2.30. The third-order valence-corrected chi connectivity index (χ3v) is 7.85. The number of hydrogen-bond donors (Lipinski definition) is 1. The lowest BCUT2D eigenvalue weighted by molar-refractivity contribution is -0.121. The van der Waals surface area contributed by atoms with Crippen molar-refractivity contribution in [3.05, 3.63) is 62.6 Å². The zero-order valence-electron chi connectivity index (χ0n) is 17.3. The Hall–Kier alpha value is -1.12. The maximum atomic E-state index is 12.2. The number of carbonyl (C=O) groups is 1. The molecule has 0 aliphatic rings. The first-order valence-corrected chi connectivity index (χ1v) is 13.7. The van der Waals surface area contributed by atoms with Crippen molar-refractivity contribution < 1.29 is 13.2 Å². The normalized spacial score (nSPS) is 11.4. The van der Waals surface area contributed by atoms with Gasteiger partial charge in [0.2, 0.25) is 15.9 Å². The number of nitrogens with one attached hydrogen (secondary N) is 1. The quantitative estimate of drug-likeness (QED) is 0.392. The van der Waals surface area contributed by atoms with Gasteiger partial charge in [0, 0.05) is 36.0 Å². The number of halogens is 3. The summed E-state index contributed by atoms with van der Waals surface area (Å²) in [6, 6.07) is 10.7. The van der Waals surface area contributed by atoms with Gasteiger partial charge in [-0.2, -0.15) is 11.8 Å². The minimum atomic E-state index is -3.49. The van der Waals surface area contributed by atoms with Crippen LogP contribution in [0.4, 0.5) is 5.69 Å². The molecular formula is C21H25Cl3N2O3S2. The van der Waals surface area contributed by atoms with Crippen molar-refractivity contribution in [2.45, 2.75) is 25.5 Å². The molecule has 0 aliphatic carbocycles. The van der Waals surface area contributed by atoms with Gasteiger partial charge in [0.25, 0.3) is 0 Å². The topological polar surface area (TPSA) is 66.5 Å².